The van der Waals surface area contributed by atoms with Gasteiger partial charge in [-0.3, -0.25) is 9.59 Å². The fourth-order valence-electron chi connectivity index (χ4n) is 1.17. The molecule has 0 aliphatic heterocycles. The summed E-state index contributed by atoms with van der Waals surface area (Å²) in [6, 6.07) is 0. The molecule has 1 amide bonds. The van der Waals surface area contributed by atoms with Gasteiger partial charge in [0.25, 0.3) is 0 Å². The highest BCUT2D eigenvalue weighted by atomic mass is 28.4. The molecule has 0 rings (SSSR count). The van der Waals surface area contributed by atoms with E-state index in [4.69, 9.17) is 4.43 Å². The number of nitrogens with one attached hydrogen (secondary N) is 1. The molecule has 0 saturated heterocycles. The number of hydrogen-bond donors (Lipinski definition) is 1. The second-order valence-electron chi connectivity index (χ2n) is 4.82. The molecule has 16 heavy (non-hydrogen) atoms. The minimum atomic E-state index is -1.82. The molecule has 0 aromatic carbocycles. The molecule has 0 aliphatic carbocycles. The van der Waals surface area contributed by atoms with Gasteiger partial charge in [-0.25, -0.2) is 0 Å². The van der Waals surface area contributed by atoms with Gasteiger partial charge in [-0.2, -0.15) is 0 Å². The molecule has 0 atom stereocenters. The van der Waals surface area contributed by atoms with Crippen molar-refractivity contribution >= 4 is 20.2 Å². The smallest absolute Gasteiger partial charge is 0.312 e. The van der Waals surface area contributed by atoms with E-state index in [0.29, 0.717) is 6.42 Å². The minimum absolute atomic E-state index is 0.00473. The van der Waals surface area contributed by atoms with Crippen molar-refractivity contribution in [1.82, 2.24) is 5.32 Å². The number of hydrogen-bond acceptors (Lipinski definition) is 3. The number of unbranched alkanes of at least 4 members (excludes halogenated alkanes) is 2. The lowest BCUT2D eigenvalue weighted by molar-refractivity contribution is -0.136. The standard InChI is InChI=1S/C11H23NO3Si/c1-5-6-7-8-10(13)12-9-11(14)15-16(2,3)4/h5-9H2,1-4H3,(H,12,13). The summed E-state index contributed by atoms with van der Waals surface area (Å²) in [5, 5.41) is 2.57. The van der Waals surface area contributed by atoms with Gasteiger partial charge >= 0.3 is 5.97 Å². The first-order valence-electron chi connectivity index (χ1n) is 5.83. The predicted molar refractivity (Wildman–Crippen MR) is 66.6 cm³/mol. The summed E-state index contributed by atoms with van der Waals surface area (Å²) in [7, 11) is -1.82. The molecule has 0 aromatic heterocycles. The van der Waals surface area contributed by atoms with Crippen LogP contribution in [0.2, 0.25) is 19.6 Å². The third-order valence-corrected chi connectivity index (χ3v) is 2.70. The van der Waals surface area contributed by atoms with E-state index in [9.17, 15) is 9.59 Å². The average molecular weight is 245 g/mol. The second kappa shape index (κ2) is 7.43. The van der Waals surface area contributed by atoms with Gasteiger partial charge in [0, 0.05) is 6.42 Å². The zero-order valence-corrected chi connectivity index (χ0v) is 11.8. The molecule has 0 spiro atoms. The van der Waals surface area contributed by atoms with E-state index < -0.39 is 8.32 Å². The van der Waals surface area contributed by atoms with Gasteiger partial charge in [-0.05, 0) is 26.1 Å². The highest BCUT2D eigenvalue weighted by Gasteiger charge is 2.19. The van der Waals surface area contributed by atoms with Gasteiger partial charge in [0.15, 0.2) is 0 Å². The molecular weight excluding hydrogens is 222 g/mol. The monoisotopic (exact) mass is 245 g/mol. The molecule has 0 radical (unpaired) electrons. The number of amides is 1. The fraction of sp³-hybridized carbons (Fsp3) is 0.818. The van der Waals surface area contributed by atoms with Crippen LogP contribution in [0.25, 0.3) is 0 Å². The average Bonchev–Trinajstić information content (AvgIpc) is 2.12. The summed E-state index contributed by atoms with van der Waals surface area (Å²) in [6.45, 7) is 7.90. The molecule has 0 heterocycles. The van der Waals surface area contributed by atoms with E-state index in [1.54, 1.807) is 0 Å². The largest absolute Gasteiger partial charge is 0.519 e. The maximum atomic E-state index is 11.3. The van der Waals surface area contributed by atoms with E-state index in [2.05, 4.69) is 12.2 Å². The molecule has 0 aromatic rings. The van der Waals surface area contributed by atoms with Crippen LogP contribution in [-0.4, -0.2) is 26.7 Å². The van der Waals surface area contributed by atoms with Crippen LogP contribution < -0.4 is 5.32 Å². The Morgan fingerprint density at radius 2 is 1.81 bits per heavy atom. The zero-order valence-electron chi connectivity index (χ0n) is 10.8. The number of carbonyl (C=O) groups excluding carboxylic acids is 2. The normalized spacial score (nSPS) is 11.0. The van der Waals surface area contributed by atoms with E-state index in [0.717, 1.165) is 19.3 Å². The summed E-state index contributed by atoms with van der Waals surface area (Å²) in [5.41, 5.74) is 0. The first-order chi connectivity index (χ1) is 7.35. The topological polar surface area (TPSA) is 55.4 Å². The van der Waals surface area contributed by atoms with Crippen molar-refractivity contribution < 1.29 is 14.0 Å². The van der Waals surface area contributed by atoms with Gasteiger partial charge in [-0.15, -0.1) is 0 Å². The lowest BCUT2D eigenvalue weighted by Crippen LogP contribution is -2.36. The summed E-state index contributed by atoms with van der Waals surface area (Å²) < 4.78 is 5.20. The van der Waals surface area contributed by atoms with Crippen LogP contribution in [-0.2, 0) is 14.0 Å². The van der Waals surface area contributed by atoms with E-state index >= 15 is 0 Å². The predicted octanol–water partition coefficient (Wildman–Crippen LogP) is 2.06. The van der Waals surface area contributed by atoms with Gasteiger partial charge in [0.2, 0.25) is 14.2 Å². The lowest BCUT2D eigenvalue weighted by atomic mass is 10.2. The SMILES string of the molecule is CCCCCC(=O)NCC(=O)O[Si](C)(C)C. The molecule has 0 unspecified atom stereocenters. The molecule has 94 valence electrons. The quantitative estimate of drug-likeness (QED) is 0.552. The van der Waals surface area contributed by atoms with Crippen molar-refractivity contribution in [3.8, 4) is 0 Å². The Labute approximate surface area is 98.9 Å². The molecule has 0 fully saturated rings. The van der Waals surface area contributed by atoms with Crippen LogP contribution in [0.15, 0.2) is 0 Å². The van der Waals surface area contributed by atoms with Gasteiger partial charge in [0.05, 0.1) is 0 Å². The summed E-state index contributed by atoms with van der Waals surface area (Å²) in [5.74, 6) is -0.399. The van der Waals surface area contributed by atoms with Crippen LogP contribution in [0.3, 0.4) is 0 Å². The summed E-state index contributed by atoms with van der Waals surface area (Å²) in [6.07, 6.45) is 3.51. The third-order valence-electron chi connectivity index (χ3n) is 1.86. The van der Waals surface area contributed by atoms with Crippen LogP contribution >= 0.6 is 0 Å². The summed E-state index contributed by atoms with van der Waals surface area (Å²) >= 11 is 0. The fourth-order valence-corrected chi connectivity index (χ4v) is 1.93. The van der Waals surface area contributed by atoms with Gasteiger partial charge in [-0.1, -0.05) is 19.8 Å². The highest BCUT2D eigenvalue weighted by molar-refractivity contribution is 6.71. The zero-order chi connectivity index (χ0) is 12.6. The maximum Gasteiger partial charge on any atom is 0.312 e. The molecule has 4 nitrogen and oxygen atoms in total. The van der Waals surface area contributed by atoms with Crippen LogP contribution in [0.4, 0.5) is 0 Å². The molecule has 0 saturated carbocycles. The van der Waals surface area contributed by atoms with E-state index in [1.165, 1.54) is 0 Å². The first-order valence-corrected chi connectivity index (χ1v) is 9.24. The molecule has 5 heteroatoms. The Balaban J connectivity index is 3.63. The molecule has 0 bridgehead atoms. The first kappa shape index (κ1) is 15.2. The van der Waals surface area contributed by atoms with Gasteiger partial charge in [0.1, 0.15) is 6.54 Å². The highest BCUT2D eigenvalue weighted by Crippen LogP contribution is 2.02. The van der Waals surface area contributed by atoms with Crippen molar-refractivity contribution in [2.24, 2.45) is 0 Å². The van der Waals surface area contributed by atoms with Crippen molar-refractivity contribution in [2.45, 2.75) is 52.2 Å². The Kier molecular flexibility index (Phi) is 7.04. The Morgan fingerprint density at radius 3 is 2.31 bits per heavy atom. The third kappa shape index (κ3) is 9.70. The van der Waals surface area contributed by atoms with Crippen molar-refractivity contribution in [1.29, 1.82) is 0 Å². The van der Waals surface area contributed by atoms with E-state index in [1.807, 2.05) is 19.6 Å². The maximum absolute atomic E-state index is 11.3. The van der Waals surface area contributed by atoms with Crippen LogP contribution in [0.1, 0.15) is 32.6 Å². The Morgan fingerprint density at radius 1 is 1.19 bits per heavy atom. The lowest BCUT2D eigenvalue weighted by Gasteiger charge is -2.17. The Hall–Kier alpha value is -0.843. The summed E-state index contributed by atoms with van der Waals surface area (Å²) in [4.78, 5) is 22.6. The van der Waals surface area contributed by atoms with Crippen LogP contribution in [0, 0.1) is 0 Å². The van der Waals surface area contributed by atoms with Crippen molar-refractivity contribution in [2.75, 3.05) is 6.54 Å². The molecular formula is C11H23NO3Si. The minimum Gasteiger partial charge on any atom is -0.519 e. The second-order valence-corrected chi connectivity index (χ2v) is 9.25. The number of carbonyl (C=O) groups is 2. The number of rotatable bonds is 7. The molecule has 1 N–H and O–H groups in total. The van der Waals surface area contributed by atoms with Crippen molar-refractivity contribution in [3.05, 3.63) is 0 Å². The molecule has 0 aliphatic rings. The van der Waals surface area contributed by atoms with Crippen LogP contribution in [0.5, 0.6) is 0 Å². The van der Waals surface area contributed by atoms with Gasteiger partial charge < -0.3 is 9.74 Å². The van der Waals surface area contributed by atoms with E-state index in [-0.39, 0.29) is 18.4 Å². The van der Waals surface area contributed by atoms with Crippen molar-refractivity contribution in [3.63, 3.8) is 0 Å². The Bertz CT molecular complexity index is 236.